The molecule has 3 heterocycles. The van der Waals surface area contributed by atoms with Crippen molar-refractivity contribution in [2.75, 3.05) is 31.1 Å². The predicted molar refractivity (Wildman–Crippen MR) is 85.7 cm³/mol. The van der Waals surface area contributed by atoms with Crippen LogP contribution in [0.1, 0.15) is 5.56 Å². The number of pyridine rings is 1. The predicted octanol–water partition coefficient (Wildman–Crippen LogP) is 2.82. The zero-order valence-corrected chi connectivity index (χ0v) is 13.0. The van der Waals surface area contributed by atoms with Gasteiger partial charge in [-0.25, -0.2) is 8.78 Å². The smallest absolute Gasteiger partial charge is 0.298 e. The van der Waals surface area contributed by atoms with Gasteiger partial charge in [0.2, 0.25) is 0 Å². The molecule has 0 aliphatic carbocycles. The monoisotopic (exact) mass is 330 g/mol. The average Bonchev–Trinajstić information content (AvgIpc) is 3.01. The molecule has 0 atom stereocenters. The van der Waals surface area contributed by atoms with Crippen molar-refractivity contribution in [2.45, 2.75) is 6.54 Å². The van der Waals surface area contributed by atoms with Gasteiger partial charge in [0.1, 0.15) is 17.2 Å². The largest absolute Gasteiger partial charge is 0.423 e. The van der Waals surface area contributed by atoms with Crippen molar-refractivity contribution in [1.82, 2.24) is 14.9 Å². The van der Waals surface area contributed by atoms with E-state index in [2.05, 4.69) is 14.9 Å². The van der Waals surface area contributed by atoms with Crippen LogP contribution in [0, 0.1) is 11.6 Å². The number of nitrogens with zero attached hydrogens (tertiary/aromatic N) is 4. The Morgan fingerprint density at radius 1 is 1.08 bits per heavy atom. The first-order valence-electron chi connectivity index (χ1n) is 7.81. The van der Waals surface area contributed by atoms with Crippen molar-refractivity contribution < 1.29 is 13.2 Å². The van der Waals surface area contributed by atoms with Crippen LogP contribution in [0.5, 0.6) is 0 Å². The molecule has 5 nitrogen and oxygen atoms in total. The van der Waals surface area contributed by atoms with E-state index < -0.39 is 0 Å². The summed E-state index contributed by atoms with van der Waals surface area (Å²) in [6.07, 6.45) is 2.84. The Kier molecular flexibility index (Phi) is 3.86. The minimum atomic E-state index is -0.339. The Morgan fingerprint density at radius 3 is 2.71 bits per heavy atom. The molecule has 24 heavy (non-hydrogen) atoms. The molecule has 1 fully saturated rings. The Hall–Kier alpha value is -2.54. The van der Waals surface area contributed by atoms with Crippen molar-refractivity contribution in [3.8, 4) is 0 Å². The summed E-state index contributed by atoms with van der Waals surface area (Å²) in [4.78, 5) is 12.4. The van der Waals surface area contributed by atoms with Crippen molar-refractivity contribution in [1.29, 1.82) is 0 Å². The number of oxazole rings is 1. The number of anilines is 1. The van der Waals surface area contributed by atoms with Gasteiger partial charge < -0.3 is 9.32 Å². The van der Waals surface area contributed by atoms with Crippen molar-refractivity contribution in [3.63, 3.8) is 0 Å². The molecule has 0 bridgehead atoms. The standard InChI is InChI=1S/C17H16F2N4O/c18-13-1-2-15-16(9-13)24-17(21-15)23-7-5-22(6-8-23)11-12-3-4-20-10-14(12)19/h1-4,9-10H,5-8,11H2. The molecular weight excluding hydrogens is 314 g/mol. The molecule has 124 valence electrons. The maximum absolute atomic E-state index is 13.7. The Balaban J connectivity index is 1.42. The van der Waals surface area contributed by atoms with Crippen LogP contribution in [0.25, 0.3) is 11.1 Å². The molecule has 0 radical (unpaired) electrons. The molecule has 0 saturated carbocycles. The van der Waals surface area contributed by atoms with E-state index in [1.54, 1.807) is 18.3 Å². The molecule has 0 spiro atoms. The molecule has 1 aliphatic heterocycles. The lowest BCUT2D eigenvalue weighted by molar-refractivity contribution is 0.242. The van der Waals surface area contributed by atoms with Crippen LogP contribution in [0.3, 0.4) is 0 Å². The molecular formula is C17H16F2N4O. The van der Waals surface area contributed by atoms with Crippen LogP contribution < -0.4 is 4.90 Å². The van der Waals surface area contributed by atoms with Crippen LogP contribution in [-0.2, 0) is 6.54 Å². The summed E-state index contributed by atoms with van der Waals surface area (Å²) in [5.74, 6) is -0.615. The molecule has 1 saturated heterocycles. The molecule has 4 rings (SSSR count). The number of halogens is 2. The molecule has 7 heteroatoms. The number of rotatable bonds is 3. The van der Waals surface area contributed by atoms with E-state index in [1.165, 1.54) is 18.3 Å². The molecule has 2 aromatic heterocycles. The third-order valence-corrected chi connectivity index (χ3v) is 4.23. The number of piperazine rings is 1. The van der Waals surface area contributed by atoms with E-state index in [9.17, 15) is 8.78 Å². The zero-order chi connectivity index (χ0) is 16.5. The summed E-state index contributed by atoms with van der Waals surface area (Å²) in [5, 5.41) is 0. The molecule has 0 unspecified atom stereocenters. The van der Waals surface area contributed by atoms with E-state index in [0.29, 0.717) is 29.2 Å². The summed E-state index contributed by atoms with van der Waals surface area (Å²) < 4.78 is 32.6. The van der Waals surface area contributed by atoms with Crippen molar-refractivity contribution in [2.24, 2.45) is 0 Å². The SMILES string of the molecule is Fc1ccc2nc(N3CCN(Cc4ccncc4F)CC3)oc2c1. The van der Waals surface area contributed by atoms with E-state index in [-0.39, 0.29) is 11.6 Å². The van der Waals surface area contributed by atoms with Crippen LogP contribution >= 0.6 is 0 Å². The lowest BCUT2D eigenvalue weighted by Gasteiger charge is -2.33. The van der Waals surface area contributed by atoms with Crippen molar-refractivity contribution >= 4 is 17.1 Å². The topological polar surface area (TPSA) is 45.4 Å². The third kappa shape index (κ3) is 2.94. The maximum Gasteiger partial charge on any atom is 0.298 e. The van der Waals surface area contributed by atoms with Crippen LogP contribution in [0.4, 0.5) is 14.8 Å². The molecule has 1 aromatic carbocycles. The Morgan fingerprint density at radius 2 is 1.92 bits per heavy atom. The van der Waals surface area contributed by atoms with E-state index in [1.807, 2.05) is 4.90 Å². The van der Waals surface area contributed by atoms with Gasteiger partial charge in [0.15, 0.2) is 5.58 Å². The quantitative estimate of drug-likeness (QED) is 0.739. The number of benzene rings is 1. The fourth-order valence-corrected chi connectivity index (χ4v) is 2.89. The number of fused-ring (bicyclic) bond motifs is 1. The highest BCUT2D eigenvalue weighted by Gasteiger charge is 2.21. The summed E-state index contributed by atoms with van der Waals surface area (Å²) >= 11 is 0. The Labute approximate surface area is 137 Å². The van der Waals surface area contributed by atoms with Gasteiger partial charge in [-0.3, -0.25) is 9.88 Å². The van der Waals surface area contributed by atoms with Gasteiger partial charge in [-0.05, 0) is 18.2 Å². The van der Waals surface area contributed by atoms with E-state index in [0.717, 1.165) is 26.2 Å². The first-order valence-corrected chi connectivity index (χ1v) is 7.81. The fraction of sp³-hybridized carbons (Fsp3) is 0.294. The van der Waals surface area contributed by atoms with Gasteiger partial charge in [-0.1, -0.05) is 0 Å². The molecule has 0 amide bonds. The van der Waals surface area contributed by atoms with Gasteiger partial charge >= 0.3 is 0 Å². The van der Waals surface area contributed by atoms with Gasteiger partial charge in [0.25, 0.3) is 6.01 Å². The minimum Gasteiger partial charge on any atom is -0.423 e. The molecule has 1 aliphatic rings. The minimum absolute atomic E-state index is 0.277. The van der Waals surface area contributed by atoms with Crippen LogP contribution in [0.15, 0.2) is 41.1 Å². The lowest BCUT2D eigenvalue weighted by Crippen LogP contribution is -2.46. The summed E-state index contributed by atoms with van der Waals surface area (Å²) in [7, 11) is 0. The molecule has 0 N–H and O–H groups in total. The first kappa shape index (κ1) is 15.0. The summed E-state index contributed by atoms with van der Waals surface area (Å²) in [6, 6.07) is 6.53. The van der Waals surface area contributed by atoms with Gasteiger partial charge in [-0.2, -0.15) is 4.98 Å². The second-order valence-corrected chi connectivity index (χ2v) is 5.84. The Bertz CT molecular complexity index is 859. The van der Waals surface area contributed by atoms with Crippen LogP contribution in [0.2, 0.25) is 0 Å². The number of aromatic nitrogens is 2. The third-order valence-electron chi connectivity index (χ3n) is 4.23. The average molecular weight is 330 g/mol. The highest BCUT2D eigenvalue weighted by Crippen LogP contribution is 2.24. The number of hydrogen-bond acceptors (Lipinski definition) is 5. The van der Waals surface area contributed by atoms with Crippen molar-refractivity contribution in [3.05, 3.63) is 53.9 Å². The maximum atomic E-state index is 13.7. The summed E-state index contributed by atoms with van der Waals surface area (Å²) in [5.41, 5.74) is 1.75. The van der Waals surface area contributed by atoms with Gasteiger partial charge in [0, 0.05) is 50.6 Å². The second kappa shape index (κ2) is 6.16. The first-order chi connectivity index (χ1) is 11.7. The van der Waals surface area contributed by atoms with Crippen LogP contribution in [-0.4, -0.2) is 41.0 Å². The normalized spacial score (nSPS) is 16.0. The van der Waals surface area contributed by atoms with E-state index >= 15 is 0 Å². The fourth-order valence-electron chi connectivity index (χ4n) is 2.89. The summed E-state index contributed by atoms with van der Waals surface area (Å²) in [6.45, 7) is 3.55. The highest BCUT2D eigenvalue weighted by molar-refractivity contribution is 5.74. The van der Waals surface area contributed by atoms with Gasteiger partial charge in [-0.15, -0.1) is 0 Å². The molecule has 3 aromatic rings. The number of hydrogen-bond donors (Lipinski definition) is 0. The van der Waals surface area contributed by atoms with E-state index in [4.69, 9.17) is 4.42 Å². The second-order valence-electron chi connectivity index (χ2n) is 5.84. The lowest BCUT2D eigenvalue weighted by atomic mass is 10.2. The highest BCUT2D eigenvalue weighted by atomic mass is 19.1. The zero-order valence-electron chi connectivity index (χ0n) is 13.0. The van der Waals surface area contributed by atoms with Gasteiger partial charge in [0.05, 0.1) is 6.20 Å².